The van der Waals surface area contributed by atoms with Crippen molar-refractivity contribution in [1.82, 2.24) is 4.90 Å². The zero-order chi connectivity index (χ0) is 18.4. The Bertz CT molecular complexity index is 675. The fraction of sp³-hybridized carbons (Fsp3) is 0.696. The first-order valence-electron chi connectivity index (χ1n) is 10.8. The molecule has 4 aliphatic carbocycles. The highest BCUT2D eigenvalue weighted by Crippen LogP contribution is 2.60. The quantitative estimate of drug-likeness (QED) is 0.812. The van der Waals surface area contributed by atoms with E-state index in [1.807, 2.05) is 11.9 Å². The van der Waals surface area contributed by atoms with Crippen LogP contribution in [-0.4, -0.2) is 44.2 Å². The zero-order valence-corrected chi connectivity index (χ0v) is 16.5. The van der Waals surface area contributed by atoms with Gasteiger partial charge in [-0.25, -0.2) is 0 Å². The summed E-state index contributed by atoms with van der Waals surface area (Å²) in [6.45, 7) is 4.16. The van der Waals surface area contributed by atoms with Crippen LogP contribution >= 0.6 is 0 Å². The van der Waals surface area contributed by atoms with Crippen molar-refractivity contribution in [1.29, 1.82) is 0 Å². The van der Waals surface area contributed by atoms with Gasteiger partial charge in [0, 0.05) is 32.4 Å². The molecule has 1 saturated heterocycles. The van der Waals surface area contributed by atoms with Crippen LogP contribution in [0, 0.1) is 23.2 Å². The minimum absolute atomic E-state index is 0.0442. The van der Waals surface area contributed by atoms with E-state index in [0.29, 0.717) is 12.5 Å². The normalized spacial score (nSPS) is 34.7. The molecule has 0 atom stereocenters. The van der Waals surface area contributed by atoms with Crippen molar-refractivity contribution in [3.8, 4) is 0 Å². The Morgan fingerprint density at radius 2 is 1.67 bits per heavy atom. The van der Waals surface area contributed by atoms with E-state index in [2.05, 4.69) is 29.2 Å². The lowest BCUT2D eigenvalue weighted by Crippen LogP contribution is -2.53. The standard InChI is InChI=1S/C23H32N2O2/c1-24(16-20-4-2-3-5-21(20)25-6-8-27-9-7-25)22(26)23-13-17-10-18(14-23)12-19(11-17)15-23/h2-5,17-19H,6-16H2,1H3. The van der Waals surface area contributed by atoms with Gasteiger partial charge in [0.05, 0.1) is 18.6 Å². The van der Waals surface area contributed by atoms with Crippen LogP contribution in [0.1, 0.15) is 44.1 Å². The van der Waals surface area contributed by atoms with Gasteiger partial charge < -0.3 is 14.5 Å². The number of ether oxygens (including phenoxy) is 1. The summed E-state index contributed by atoms with van der Waals surface area (Å²) >= 11 is 0. The second-order valence-corrected chi connectivity index (χ2v) is 9.59. The van der Waals surface area contributed by atoms with Crippen LogP contribution in [0.25, 0.3) is 0 Å². The van der Waals surface area contributed by atoms with Crippen LogP contribution in [0.2, 0.25) is 0 Å². The molecule has 5 fully saturated rings. The third kappa shape index (κ3) is 3.16. The number of amides is 1. The van der Waals surface area contributed by atoms with Gasteiger partial charge >= 0.3 is 0 Å². The number of carbonyl (C=O) groups excluding carboxylic acids is 1. The third-order valence-corrected chi connectivity index (χ3v) is 7.59. The van der Waals surface area contributed by atoms with Gasteiger partial charge in [0.25, 0.3) is 0 Å². The lowest BCUT2D eigenvalue weighted by atomic mass is 9.49. The number of anilines is 1. The zero-order valence-electron chi connectivity index (χ0n) is 16.5. The molecule has 1 heterocycles. The third-order valence-electron chi connectivity index (χ3n) is 7.59. The average Bonchev–Trinajstić information content (AvgIpc) is 2.67. The summed E-state index contributed by atoms with van der Waals surface area (Å²) in [6, 6.07) is 8.59. The largest absolute Gasteiger partial charge is 0.378 e. The molecule has 1 amide bonds. The van der Waals surface area contributed by atoms with Gasteiger partial charge in [-0.2, -0.15) is 0 Å². The number of nitrogens with zero attached hydrogens (tertiary/aromatic N) is 2. The van der Waals surface area contributed by atoms with Crippen LogP contribution in [0.5, 0.6) is 0 Å². The molecule has 0 radical (unpaired) electrons. The van der Waals surface area contributed by atoms with Crippen LogP contribution in [-0.2, 0) is 16.1 Å². The molecule has 4 nitrogen and oxygen atoms in total. The van der Waals surface area contributed by atoms with Crippen LogP contribution in [0.3, 0.4) is 0 Å². The first-order valence-corrected chi connectivity index (χ1v) is 10.8. The van der Waals surface area contributed by atoms with Crippen molar-refractivity contribution in [2.24, 2.45) is 23.2 Å². The molecule has 146 valence electrons. The predicted molar refractivity (Wildman–Crippen MR) is 107 cm³/mol. The number of hydrogen-bond acceptors (Lipinski definition) is 3. The maximum Gasteiger partial charge on any atom is 0.228 e. The van der Waals surface area contributed by atoms with E-state index in [-0.39, 0.29) is 5.41 Å². The molecule has 0 N–H and O–H groups in total. The van der Waals surface area contributed by atoms with Crippen LogP contribution in [0.4, 0.5) is 5.69 Å². The molecule has 0 aromatic heterocycles. The van der Waals surface area contributed by atoms with Gasteiger partial charge in [-0.05, 0) is 67.9 Å². The number of rotatable bonds is 4. The summed E-state index contributed by atoms with van der Waals surface area (Å²) < 4.78 is 5.51. The minimum Gasteiger partial charge on any atom is -0.378 e. The first-order chi connectivity index (χ1) is 13.1. The molecule has 5 aliphatic rings. The highest BCUT2D eigenvalue weighted by Gasteiger charge is 2.55. The number of hydrogen-bond donors (Lipinski definition) is 0. The Morgan fingerprint density at radius 1 is 1.07 bits per heavy atom. The Morgan fingerprint density at radius 3 is 2.30 bits per heavy atom. The SMILES string of the molecule is CN(Cc1ccccc1N1CCOCC1)C(=O)C12CC3CC(CC(C3)C1)C2. The van der Waals surface area contributed by atoms with Gasteiger partial charge in [-0.3, -0.25) is 4.79 Å². The molecular formula is C23H32N2O2. The van der Waals surface area contributed by atoms with Crippen molar-refractivity contribution in [2.75, 3.05) is 38.3 Å². The molecule has 4 heteroatoms. The second-order valence-electron chi connectivity index (χ2n) is 9.59. The predicted octanol–water partition coefficient (Wildman–Crippen LogP) is 3.70. The summed E-state index contributed by atoms with van der Waals surface area (Å²) in [5.74, 6) is 2.86. The van der Waals surface area contributed by atoms with E-state index in [1.165, 1.54) is 30.5 Å². The lowest BCUT2D eigenvalue weighted by Gasteiger charge is -2.56. The van der Waals surface area contributed by atoms with Gasteiger partial charge in [-0.1, -0.05) is 18.2 Å². The molecule has 4 saturated carbocycles. The first kappa shape index (κ1) is 17.5. The monoisotopic (exact) mass is 368 g/mol. The van der Waals surface area contributed by atoms with Gasteiger partial charge in [0.2, 0.25) is 5.91 Å². The molecule has 1 aliphatic heterocycles. The maximum absolute atomic E-state index is 13.6. The fourth-order valence-corrected chi connectivity index (χ4v) is 6.86. The van der Waals surface area contributed by atoms with Crippen molar-refractivity contribution in [3.05, 3.63) is 29.8 Å². The maximum atomic E-state index is 13.6. The van der Waals surface area contributed by atoms with Crippen LogP contribution < -0.4 is 4.90 Å². The summed E-state index contributed by atoms with van der Waals surface area (Å²) in [5.41, 5.74) is 2.49. The number of para-hydroxylation sites is 1. The molecular weight excluding hydrogens is 336 g/mol. The van der Waals surface area contributed by atoms with Gasteiger partial charge in [0.1, 0.15) is 0 Å². The minimum atomic E-state index is -0.0442. The van der Waals surface area contributed by atoms with E-state index in [9.17, 15) is 4.79 Å². The van der Waals surface area contributed by atoms with Crippen molar-refractivity contribution < 1.29 is 9.53 Å². The summed E-state index contributed by atoms with van der Waals surface area (Å²) in [4.78, 5) is 18.0. The summed E-state index contributed by atoms with van der Waals surface area (Å²) in [5, 5.41) is 0. The number of benzene rings is 1. The summed E-state index contributed by atoms with van der Waals surface area (Å²) in [7, 11) is 2.02. The molecule has 0 unspecified atom stereocenters. The van der Waals surface area contributed by atoms with Crippen molar-refractivity contribution >= 4 is 11.6 Å². The van der Waals surface area contributed by atoms with Gasteiger partial charge in [-0.15, -0.1) is 0 Å². The Hall–Kier alpha value is -1.55. The average molecular weight is 369 g/mol. The molecule has 27 heavy (non-hydrogen) atoms. The second kappa shape index (κ2) is 6.80. The topological polar surface area (TPSA) is 32.8 Å². The van der Waals surface area contributed by atoms with E-state index in [4.69, 9.17) is 4.74 Å². The molecule has 4 bridgehead atoms. The van der Waals surface area contributed by atoms with E-state index < -0.39 is 0 Å². The molecule has 1 aromatic rings. The van der Waals surface area contributed by atoms with E-state index in [1.54, 1.807) is 0 Å². The number of morpholine rings is 1. The highest BCUT2D eigenvalue weighted by molar-refractivity contribution is 5.83. The molecule has 1 aromatic carbocycles. The Balaban J connectivity index is 1.34. The fourth-order valence-electron chi connectivity index (χ4n) is 6.86. The summed E-state index contributed by atoms with van der Waals surface area (Å²) in [6.07, 6.45) is 7.59. The van der Waals surface area contributed by atoms with Gasteiger partial charge in [0.15, 0.2) is 0 Å². The van der Waals surface area contributed by atoms with Crippen LogP contribution in [0.15, 0.2) is 24.3 Å². The Labute approximate surface area is 162 Å². The Kier molecular flexibility index (Phi) is 4.42. The molecule has 6 rings (SSSR count). The molecule has 0 spiro atoms. The van der Waals surface area contributed by atoms with E-state index >= 15 is 0 Å². The highest BCUT2D eigenvalue weighted by atomic mass is 16.5. The lowest BCUT2D eigenvalue weighted by molar-refractivity contribution is -0.156. The van der Waals surface area contributed by atoms with Crippen molar-refractivity contribution in [2.45, 2.75) is 45.1 Å². The van der Waals surface area contributed by atoms with E-state index in [0.717, 1.165) is 63.3 Å². The smallest absolute Gasteiger partial charge is 0.228 e. The van der Waals surface area contributed by atoms with Crippen molar-refractivity contribution in [3.63, 3.8) is 0 Å². The number of carbonyl (C=O) groups is 1.